The minimum atomic E-state index is -0.334. The van der Waals surface area contributed by atoms with E-state index in [9.17, 15) is 9.59 Å². The Hall–Kier alpha value is -1.84. The molecule has 1 amide bonds. The van der Waals surface area contributed by atoms with Crippen LogP contribution in [0.1, 0.15) is 55.8 Å². The normalized spacial score (nSPS) is 16.0. The fourth-order valence-corrected chi connectivity index (χ4v) is 2.69. The lowest BCUT2D eigenvalue weighted by Gasteiger charge is -2.14. The summed E-state index contributed by atoms with van der Waals surface area (Å²) in [5, 5.41) is 2.95. The van der Waals surface area contributed by atoms with Crippen LogP contribution in [0.5, 0.6) is 0 Å². The van der Waals surface area contributed by atoms with Crippen LogP contribution < -0.4 is 5.32 Å². The van der Waals surface area contributed by atoms with E-state index in [0.717, 1.165) is 31.4 Å². The maximum absolute atomic E-state index is 12.2. The Morgan fingerprint density at radius 2 is 1.71 bits per heavy atom. The lowest BCUT2D eigenvalue weighted by atomic mass is 9.99. The highest BCUT2D eigenvalue weighted by Gasteiger charge is 2.20. The molecule has 0 aromatic heterocycles. The molecule has 0 radical (unpaired) electrons. The van der Waals surface area contributed by atoms with Crippen LogP contribution in [-0.2, 0) is 9.53 Å². The molecular weight excluding hydrogens is 266 g/mol. The van der Waals surface area contributed by atoms with E-state index in [1.807, 2.05) is 0 Å². The van der Waals surface area contributed by atoms with Crippen LogP contribution >= 0.6 is 0 Å². The molecule has 0 atom stereocenters. The van der Waals surface area contributed by atoms with Crippen LogP contribution in [0, 0.1) is 5.92 Å². The van der Waals surface area contributed by atoms with Crippen molar-refractivity contribution in [2.45, 2.75) is 45.4 Å². The Balaban J connectivity index is 1.93. The molecule has 4 heteroatoms. The minimum absolute atomic E-state index is 0.0979. The number of hydrogen-bond donors (Lipinski definition) is 1. The largest absolute Gasteiger partial charge is 0.462 e. The Morgan fingerprint density at radius 1 is 1.10 bits per heavy atom. The fourth-order valence-electron chi connectivity index (χ4n) is 2.69. The number of hydrogen-bond acceptors (Lipinski definition) is 3. The summed E-state index contributed by atoms with van der Waals surface area (Å²) in [6.45, 7) is 2.14. The van der Waals surface area contributed by atoms with Crippen LogP contribution in [0.3, 0.4) is 0 Å². The summed E-state index contributed by atoms with van der Waals surface area (Å²) in [5.74, 6) is -0.114. The lowest BCUT2D eigenvalue weighted by molar-refractivity contribution is -0.120. The monoisotopic (exact) mass is 289 g/mol. The van der Waals surface area contributed by atoms with Crippen molar-refractivity contribution in [1.82, 2.24) is 0 Å². The highest BCUT2D eigenvalue weighted by Crippen LogP contribution is 2.24. The molecule has 1 aromatic carbocycles. The van der Waals surface area contributed by atoms with Gasteiger partial charge in [0.2, 0.25) is 5.91 Å². The molecular formula is C17H23NO3. The second-order valence-corrected chi connectivity index (χ2v) is 5.48. The summed E-state index contributed by atoms with van der Waals surface area (Å²) in [6, 6.07) is 6.86. The zero-order valence-electron chi connectivity index (χ0n) is 12.6. The molecule has 1 fully saturated rings. The predicted molar refractivity (Wildman–Crippen MR) is 82.2 cm³/mol. The number of esters is 1. The summed E-state index contributed by atoms with van der Waals surface area (Å²) in [5.41, 5.74) is 1.24. The van der Waals surface area contributed by atoms with E-state index in [2.05, 4.69) is 5.32 Å². The molecule has 1 aliphatic carbocycles. The topological polar surface area (TPSA) is 55.4 Å². The molecule has 2 rings (SSSR count). The smallest absolute Gasteiger partial charge is 0.338 e. The molecule has 0 aliphatic heterocycles. The number of carbonyl (C=O) groups is 2. The van der Waals surface area contributed by atoms with E-state index in [1.165, 1.54) is 12.8 Å². The summed E-state index contributed by atoms with van der Waals surface area (Å²) in [4.78, 5) is 23.8. The summed E-state index contributed by atoms with van der Waals surface area (Å²) in [7, 11) is 0. The van der Waals surface area contributed by atoms with Crippen molar-refractivity contribution in [3.05, 3.63) is 29.8 Å². The first kappa shape index (κ1) is 15.5. The molecule has 0 bridgehead atoms. The molecule has 0 heterocycles. The lowest BCUT2D eigenvalue weighted by Crippen LogP contribution is -2.22. The molecule has 114 valence electrons. The Morgan fingerprint density at radius 3 is 2.29 bits per heavy atom. The molecule has 1 N–H and O–H groups in total. The van der Waals surface area contributed by atoms with E-state index in [1.54, 1.807) is 31.2 Å². The zero-order valence-corrected chi connectivity index (χ0v) is 12.6. The average molecular weight is 289 g/mol. The van der Waals surface area contributed by atoms with E-state index in [-0.39, 0.29) is 17.8 Å². The third-order valence-corrected chi connectivity index (χ3v) is 3.89. The Bertz CT molecular complexity index is 473. The van der Waals surface area contributed by atoms with Gasteiger partial charge in [-0.1, -0.05) is 25.7 Å². The average Bonchev–Trinajstić information content (AvgIpc) is 2.77. The number of anilines is 1. The van der Waals surface area contributed by atoms with Crippen LogP contribution in [0.25, 0.3) is 0 Å². The number of carbonyl (C=O) groups excluding carboxylic acids is 2. The van der Waals surface area contributed by atoms with E-state index in [0.29, 0.717) is 12.2 Å². The van der Waals surface area contributed by atoms with Gasteiger partial charge in [-0.2, -0.15) is 0 Å². The van der Waals surface area contributed by atoms with Crippen molar-refractivity contribution in [2.75, 3.05) is 11.9 Å². The maximum atomic E-state index is 12.2. The zero-order chi connectivity index (χ0) is 15.1. The quantitative estimate of drug-likeness (QED) is 0.678. The molecule has 1 aliphatic rings. The highest BCUT2D eigenvalue weighted by atomic mass is 16.5. The Labute approximate surface area is 125 Å². The van der Waals surface area contributed by atoms with Gasteiger partial charge in [-0.25, -0.2) is 4.79 Å². The third-order valence-electron chi connectivity index (χ3n) is 3.89. The van der Waals surface area contributed by atoms with E-state index < -0.39 is 0 Å². The minimum Gasteiger partial charge on any atom is -0.462 e. The molecule has 0 saturated heterocycles. The Kier molecular flexibility index (Phi) is 5.78. The van der Waals surface area contributed by atoms with Gasteiger partial charge in [0.25, 0.3) is 0 Å². The molecule has 0 spiro atoms. The van der Waals surface area contributed by atoms with Gasteiger partial charge in [-0.15, -0.1) is 0 Å². The first-order valence-electron chi connectivity index (χ1n) is 7.78. The van der Waals surface area contributed by atoms with Crippen LogP contribution in [0.15, 0.2) is 24.3 Å². The summed E-state index contributed by atoms with van der Waals surface area (Å²) in [6.07, 6.45) is 6.70. The summed E-state index contributed by atoms with van der Waals surface area (Å²) >= 11 is 0. The van der Waals surface area contributed by atoms with Crippen molar-refractivity contribution in [3.63, 3.8) is 0 Å². The van der Waals surface area contributed by atoms with Crippen molar-refractivity contribution in [3.8, 4) is 0 Å². The van der Waals surface area contributed by atoms with Gasteiger partial charge in [-0.05, 0) is 44.0 Å². The third kappa shape index (κ3) is 4.59. The number of rotatable bonds is 4. The number of benzene rings is 1. The van der Waals surface area contributed by atoms with Gasteiger partial charge < -0.3 is 10.1 Å². The molecule has 4 nitrogen and oxygen atoms in total. The first-order chi connectivity index (χ1) is 10.2. The fraction of sp³-hybridized carbons (Fsp3) is 0.529. The number of ether oxygens (including phenoxy) is 1. The van der Waals surface area contributed by atoms with Crippen LogP contribution in [-0.4, -0.2) is 18.5 Å². The van der Waals surface area contributed by atoms with E-state index in [4.69, 9.17) is 4.74 Å². The summed E-state index contributed by atoms with van der Waals surface area (Å²) < 4.78 is 4.93. The first-order valence-corrected chi connectivity index (χ1v) is 7.78. The van der Waals surface area contributed by atoms with Crippen LogP contribution in [0.2, 0.25) is 0 Å². The molecule has 1 aromatic rings. The predicted octanol–water partition coefficient (Wildman–Crippen LogP) is 3.77. The van der Waals surface area contributed by atoms with Crippen LogP contribution in [0.4, 0.5) is 5.69 Å². The number of amides is 1. The van der Waals surface area contributed by atoms with Crippen molar-refractivity contribution in [2.24, 2.45) is 5.92 Å². The van der Waals surface area contributed by atoms with Crippen molar-refractivity contribution >= 4 is 17.6 Å². The van der Waals surface area contributed by atoms with Gasteiger partial charge in [0.15, 0.2) is 0 Å². The SMILES string of the molecule is CCOC(=O)c1ccc(NC(=O)C2CCCCCC2)cc1. The maximum Gasteiger partial charge on any atom is 0.338 e. The van der Waals surface area contributed by atoms with Gasteiger partial charge in [0.1, 0.15) is 0 Å². The molecule has 21 heavy (non-hydrogen) atoms. The van der Waals surface area contributed by atoms with Crippen molar-refractivity contribution < 1.29 is 14.3 Å². The molecule has 1 saturated carbocycles. The standard InChI is InChI=1S/C17H23NO3/c1-2-21-17(20)14-9-11-15(12-10-14)18-16(19)13-7-5-3-4-6-8-13/h9-13H,2-8H2,1H3,(H,18,19). The van der Waals surface area contributed by atoms with Gasteiger partial charge in [0, 0.05) is 11.6 Å². The van der Waals surface area contributed by atoms with E-state index >= 15 is 0 Å². The second kappa shape index (κ2) is 7.81. The second-order valence-electron chi connectivity index (χ2n) is 5.48. The van der Waals surface area contributed by atoms with Crippen molar-refractivity contribution in [1.29, 1.82) is 0 Å². The highest BCUT2D eigenvalue weighted by molar-refractivity contribution is 5.94. The van der Waals surface area contributed by atoms with Gasteiger partial charge >= 0.3 is 5.97 Å². The number of nitrogens with one attached hydrogen (secondary N) is 1. The van der Waals surface area contributed by atoms with Gasteiger partial charge in [-0.3, -0.25) is 4.79 Å². The molecule has 0 unspecified atom stereocenters. The van der Waals surface area contributed by atoms with Gasteiger partial charge in [0.05, 0.1) is 12.2 Å².